The molecule has 11 heteroatoms. The molecule has 0 atom stereocenters. The van der Waals surface area contributed by atoms with Gasteiger partial charge in [-0.15, -0.1) is 0 Å². The zero-order chi connectivity index (χ0) is 34.6. The van der Waals surface area contributed by atoms with E-state index in [1.165, 1.54) is 6.07 Å². The van der Waals surface area contributed by atoms with Crippen LogP contribution in [0, 0.1) is 13.8 Å². The molecule has 2 heterocycles. The Labute approximate surface area is 284 Å². The van der Waals surface area contributed by atoms with Gasteiger partial charge in [0, 0.05) is 29.3 Å². The average molecular weight is 670 g/mol. The Kier molecular flexibility index (Phi) is 10.1. The molecule has 0 radical (unpaired) electrons. The van der Waals surface area contributed by atoms with E-state index in [1.807, 2.05) is 88.4 Å². The third-order valence-electron chi connectivity index (χ3n) is 8.06. The van der Waals surface area contributed by atoms with E-state index in [2.05, 4.69) is 10.6 Å². The van der Waals surface area contributed by atoms with Crippen LogP contribution in [0.15, 0.2) is 83.7 Å². The third kappa shape index (κ3) is 7.66. The maximum absolute atomic E-state index is 13.4. The lowest BCUT2D eigenvalue weighted by atomic mass is 9.92. The Morgan fingerprint density at radius 1 is 0.938 bits per heavy atom. The smallest absolute Gasteiger partial charge is 0.320 e. The summed E-state index contributed by atoms with van der Waals surface area (Å²) in [5.41, 5.74) is 4.85. The van der Waals surface area contributed by atoms with Crippen molar-refractivity contribution < 1.29 is 19.4 Å². The lowest BCUT2D eigenvalue weighted by Gasteiger charge is -2.17. The number of carbonyl (C=O) groups is 1. The highest BCUT2D eigenvalue weighted by molar-refractivity contribution is 6.32. The van der Waals surface area contributed by atoms with Gasteiger partial charge >= 0.3 is 6.03 Å². The number of urea groups is 1. The number of amides is 2. The van der Waals surface area contributed by atoms with Crippen LogP contribution in [-0.2, 0) is 25.1 Å². The molecular formula is C37H40ClN5O5. The molecule has 10 nitrogen and oxygen atoms in total. The second kappa shape index (κ2) is 14.3. The van der Waals surface area contributed by atoms with Crippen LogP contribution in [0.2, 0.25) is 5.02 Å². The van der Waals surface area contributed by atoms with Crippen LogP contribution in [0.25, 0.3) is 5.69 Å². The molecule has 0 unspecified atom stereocenters. The minimum atomic E-state index is -0.428. The van der Waals surface area contributed by atoms with Crippen molar-refractivity contribution in [1.82, 2.24) is 19.7 Å². The van der Waals surface area contributed by atoms with Crippen LogP contribution in [0.4, 0.5) is 10.6 Å². The number of aryl methyl sites for hydroxylation is 1. The van der Waals surface area contributed by atoms with Crippen molar-refractivity contribution >= 4 is 23.4 Å². The number of phenolic OH excluding ortho intramolecular Hbond substituents is 1. The lowest BCUT2D eigenvalue weighted by Crippen LogP contribution is -2.29. The third-order valence-corrected chi connectivity index (χ3v) is 8.36. The van der Waals surface area contributed by atoms with E-state index in [9.17, 15) is 14.7 Å². The van der Waals surface area contributed by atoms with E-state index in [0.29, 0.717) is 29.4 Å². The first-order valence-corrected chi connectivity index (χ1v) is 15.9. The van der Waals surface area contributed by atoms with E-state index in [0.717, 1.165) is 33.8 Å². The number of nitrogens with zero attached hydrogens (tertiary/aromatic N) is 3. The minimum Gasteiger partial charge on any atom is -0.506 e. The van der Waals surface area contributed by atoms with Crippen molar-refractivity contribution in [2.75, 3.05) is 12.4 Å². The first kappa shape index (κ1) is 34.1. The second-order valence-electron chi connectivity index (χ2n) is 12.6. The Morgan fingerprint density at radius 3 is 2.31 bits per heavy atom. The molecule has 0 bridgehead atoms. The first-order valence-electron chi connectivity index (χ1n) is 15.5. The molecule has 0 fully saturated rings. The van der Waals surface area contributed by atoms with Crippen LogP contribution in [0.3, 0.4) is 0 Å². The van der Waals surface area contributed by atoms with Gasteiger partial charge in [0.15, 0.2) is 0 Å². The summed E-state index contributed by atoms with van der Waals surface area (Å²) in [5, 5.41) is 20.6. The van der Waals surface area contributed by atoms with Crippen molar-refractivity contribution in [3.05, 3.63) is 128 Å². The lowest BCUT2D eigenvalue weighted by molar-refractivity contribution is 0.251. The number of hydrogen-bond donors (Lipinski definition) is 3. The van der Waals surface area contributed by atoms with Gasteiger partial charge in [0.25, 0.3) is 5.56 Å². The SMILES string of the molecule is COc1ccccc1Cn1c(C)cc(OCc2ccccc2CNC(=O)Nc2cc(C(C)(C)C)nn2-c2ccc(O)c(Cl)c2)c(C)c1=O. The average Bonchev–Trinajstić information content (AvgIpc) is 3.49. The number of carbonyl (C=O) groups excluding carboxylic acids is 1. The molecular weight excluding hydrogens is 630 g/mol. The summed E-state index contributed by atoms with van der Waals surface area (Å²) in [7, 11) is 1.62. The largest absolute Gasteiger partial charge is 0.506 e. The highest BCUT2D eigenvalue weighted by Crippen LogP contribution is 2.30. The zero-order valence-corrected chi connectivity index (χ0v) is 28.7. The molecule has 0 aliphatic heterocycles. The number of benzene rings is 3. The minimum absolute atomic E-state index is 0.0442. The predicted molar refractivity (Wildman–Crippen MR) is 188 cm³/mol. The van der Waals surface area contributed by atoms with Gasteiger partial charge in [-0.25, -0.2) is 9.48 Å². The van der Waals surface area contributed by atoms with Crippen molar-refractivity contribution in [3.63, 3.8) is 0 Å². The molecule has 2 amide bonds. The highest BCUT2D eigenvalue weighted by atomic mass is 35.5. The number of para-hydroxylation sites is 1. The number of phenols is 1. The van der Waals surface area contributed by atoms with Gasteiger partial charge in [0.2, 0.25) is 0 Å². The van der Waals surface area contributed by atoms with E-state index < -0.39 is 6.03 Å². The van der Waals surface area contributed by atoms with E-state index in [-0.39, 0.29) is 34.9 Å². The number of anilines is 1. The molecule has 3 aromatic carbocycles. The number of hydrogen-bond acceptors (Lipinski definition) is 6. The number of nitrogens with one attached hydrogen (secondary N) is 2. The van der Waals surface area contributed by atoms with Gasteiger partial charge in [-0.3, -0.25) is 10.1 Å². The van der Waals surface area contributed by atoms with Gasteiger partial charge < -0.3 is 24.5 Å². The van der Waals surface area contributed by atoms with E-state index >= 15 is 0 Å². The Hall–Kier alpha value is -5.22. The first-order chi connectivity index (χ1) is 22.8. The van der Waals surface area contributed by atoms with Crippen molar-refractivity contribution in [2.24, 2.45) is 0 Å². The number of aromatic nitrogens is 3. The summed E-state index contributed by atoms with van der Waals surface area (Å²) in [6.45, 7) is 10.6. The molecule has 3 N–H and O–H groups in total. The van der Waals surface area contributed by atoms with Gasteiger partial charge in [0.1, 0.15) is 29.7 Å². The molecule has 0 aliphatic carbocycles. The van der Waals surface area contributed by atoms with Crippen LogP contribution >= 0.6 is 11.6 Å². The normalized spacial score (nSPS) is 11.3. The highest BCUT2D eigenvalue weighted by Gasteiger charge is 2.22. The summed E-state index contributed by atoms with van der Waals surface area (Å²) in [6.07, 6.45) is 0. The quantitative estimate of drug-likeness (QED) is 0.144. The summed E-state index contributed by atoms with van der Waals surface area (Å²) >= 11 is 6.16. The van der Waals surface area contributed by atoms with Crippen LogP contribution in [-0.4, -0.2) is 32.6 Å². The van der Waals surface area contributed by atoms with Crippen LogP contribution in [0.5, 0.6) is 17.2 Å². The van der Waals surface area contributed by atoms with Crippen LogP contribution < -0.4 is 25.7 Å². The fourth-order valence-corrected chi connectivity index (χ4v) is 5.39. The predicted octanol–water partition coefficient (Wildman–Crippen LogP) is 7.26. The number of halogens is 1. The molecule has 5 aromatic rings. The van der Waals surface area contributed by atoms with Crippen molar-refractivity contribution in [2.45, 2.75) is 59.7 Å². The monoisotopic (exact) mass is 669 g/mol. The molecule has 0 saturated carbocycles. The fourth-order valence-electron chi connectivity index (χ4n) is 5.22. The number of ether oxygens (including phenoxy) is 2. The number of aromatic hydroxyl groups is 1. The number of pyridine rings is 1. The molecule has 0 saturated heterocycles. The molecule has 2 aromatic heterocycles. The maximum atomic E-state index is 13.4. The molecule has 0 aliphatic rings. The number of rotatable bonds is 10. The van der Waals surface area contributed by atoms with Crippen molar-refractivity contribution in [1.29, 1.82) is 0 Å². The molecule has 5 rings (SSSR count). The Morgan fingerprint density at radius 2 is 1.62 bits per heavy atom. The summed E-state index contributed by atoms with van der Waals surface area (Å²) in [4.78, 5) is 26.5. The standard InChI is InChI=1S/C37H40ClN5O5/c1-23-17-32(24(2)35(45)42(23)21-26-12-9-10-14-31(26)47-6)48-22-27-13-8-7-11-25(27)20-39-36(46)40-34-19-33(37(3,4)5)41-43(34)28-15-16-30(44)29(38)18-28/h7-19,44H,20-22H2,1-6H3,(H2,39,40,46). The van der Waals surface area contributed by atoms with E-state index in [1.54, 1.807) is 35.4 Å². The van der Waals surface area contributed by atoms with Gasteiger partial charge in [-0.05, 0) is 55.3 Å². The van der Waals surface area contributed by atoms with Gasteiger partial charge in [0.05, 0.1) is 35.6 Å². The fraction of sp³-hybridized carbons (Fsp3) is 0.270. The summed E-state index contributed by atoms with van der Waals surface area (Å²) in [5.74, 6) is 1.63. The molecule has 48 heavy (non-hydrogen) atoms. The maximum Gasteiger partial charge on any atom is 0.320 e. The zero-order valence-electron chi connectivity index (χ0n) is 27.9. The van der Waals surface area contributed by atoms with E-state index in [4.69, 9.17) is 26.2 Å². The second-order valence-corrected chi connectivity index (χ2v) is 13.0. The van der Waals surface area contributed by atoms with Crippen molar-refractivity contribution in [3.8, 4) is 22.9 Å². The summed E-state index contributed by atoms with van der Waals surface area (Å²) < 4.78 is 15.0. The van der Waals surface area contributed by atoms with Gasteiger partial charge in [-0.1, -0.05) is 74.8 Å². The van der Waals surface area contributed by atoms with Crippen LogP contribution in [0.1, 0.15) is 54.4 Å². The molecule has 250 valence electrons. The Balaban J connectivity index is 1.28. The summed E-state index contributed by atoms with van der Waals surface area (Å²) in [6, 6.07) is 23.3. The topological polar surface area (TPSA) is 120 Å². The molecule has 0 spiro atoms. The van der Waals surface area contributed by atoms with Gasteiger partial charge in [-0.2, -0.15) is 5.10 Å². The Bertz CT molecular complexity index is 2010. The number of methoxy groups -OCH3 is 1.